The topological polar surface area (TPSA) is 209 Å². The van der Waals surface area contributed by atoms with Crippen LogP contribution in [-0.2, 0) is 62.6 Å². The minimum Gasteiger partial charge on any atom is -0.632 e. The van der Waals surface area contributed by atoms with E-state index in [-0.39, 0.29) is 49.2 Å². The molecule has 242 valence electrons. The number of fused-ring (bicyclic) bond motifs is 3. The number of carbonyl (C=O) groups is 2. The van der Waals surface area contributed by atoms with E-state index < -0.39 is 12.2 Å². The van der Waals surface area contributed by atoms with Crippen LogP contribution in [0.25, 0.3) is 22.2 Å². The molecule has 1 aromatic carbocycles. The summed E-state index contributed by atoms with van der Waals surface area (Å²) < 4.78 is 7.62. The molecule has 2 aromatic heterocycles. The van der Waals surface area contributed by atoms with Crippen LogP contribution in [0.3, 0.4) is 0 Å². The van der Waals surface area contributed by atoms with E-state index in [4.69, 9.17) is 15.9 Å². The molecule has 4 heterocycles. The Balaban J connectivity index is 0.000000387. The number of hydrogen-bond acceptors (Lipinski definition) is 9. The minimum absolute atomic E-state index is 0. The van der Waals surface area contributed by atoms with E-state index in [0.29, 0.717) is 17.4 Å². The Bertz CT molecular complexity index is 1510. The van der Waals surface area contributed by atoms with Gasteiger partial charge in [-0.15, -0.1) is 0 Å². The smallest absolute Gasteiger partial charge is 0.632 e. The van der Waals surface area contributed by atoms with Crippen molar-refractivity contribution < 1.29 is 71.0 Å². The second-order valence-electron chi connectivity index (χ2n) is 11.6. The third-order valence-electron chi connectivity index (χ3n) is 8.92. The van der Waals surface area contributed by atoms with Gasteiger partial charge in [-0.3, -0.25) is 9.59 Å². The quantitative estimate of drug-likeness (QED) is 0.188. The average Bonchev–Trinajstić information content (AvgIpc) is 3.60. The molecule has 17 heteroatoms. The Morgan fingerprint density at radius 1 is 1.13 bits per heavy atom. The van der Waals surface area contributed by atoms with Crippen LogP contribution in [0.2, 0.25) is 0 Å². The van der Waals surface area contributed by atoms with Gasteiger partial charge in [-0.1, -0.05) is 6.07 Å². The maximum absolute atomic E-state index is 11.6. The molecule has 15 nitrogen and oxygen atoms in total. The van der Waals surface area contributed by atoms with E-state index >= 15 is 0 Å². The average molecular weight is 709 g/mol. The van der Waals surface area contributed by atoms with Gasteiger partial charge in [0, 0.05) is 24.4 Å². The van der Waals surface area contributed by atoms with Gasteiger partial charge >= 0.3 is 37.1 Å². The summed E-state index contributed by atoms with van der Waals surface area (Å²) in [6.07, 6.45) is 11.6. The molecule has 2 aliphatic carbocycles. The van der Waals surface area contributed by atoms with Crippen LogP contribution in [0.5, 0.6) is 0 Å². The van der Waals surface area contributed by atoms with Crippen LogP contribution >= 0.6 is 0 Å². The van der Waals surface area contributed by atoms with Crippen molar-refractivity contribution >= 4 is 36.0 Å². The molecule has 4 amide bonds. The number of likely N-dealkylation sites (tertiary alicyclic amines) is 2. The first-order valence-corrected chi connectivity index (χ1v) is 14.3. The first-order valence-electron chi connectivity index (χ1n) is 14.3. The second-order valence-corrected chi connectivity index (χ2v) is 11.6. The van der Waals surface area contributed by atoms with Gasteiger partial charge in [0.1, 0.15) is 11.6 Å². The van der Waals surface area contributed by atoms with E-state index in [2.05, 4.69) is 54.9 Å². The molecule has 4 aliphatic rings. The fourth-order valence-corrected chi connectivity index (χ4v) is 6.63. The van der Waals surface area contributed by atoms with Gasteiger partial charge in [0.2, 0.25) is 12.2 Å². The van der Waals surface area contributed by atoms with Crippen molar-refractivity contribution in [3.63, 3.8) is 0 Å². The Morgan fingerprint density at radius 2 is 1.87 bits per heavy atom. The van der Waals surface area contributed by atoms with Crippen molar-refractivity contribution in [3.8, 4) is 0 Å². The van der Waals surface area contributed by atoms with Crippen molar-refractivity contribution in [3.05, 3.63) is 58.5 Å². The van der Waals surface area contributed by atoms with Gasteiger partial charge in [-0.25, -0.2) is 9.97 Å². The largest absolute Gasteiger partial charge is 2.00 e. The van der Waals surface area contributed by atoms with Crippen LogP contribution in [0.15, 0.2) is 24.4 Å². The van der Waals surface area contributed by atoms with E-state index in [1.165, 1.54) is 12.8 Å². The van der Waals surface area contributed by atoms with Gasteiger partial charge in [0.25, 0.3) is 0 Å². The zero-order valence-corrected chi connectivity index (χ0v) is 28.1. The number of ether oxygens (including phenoxy) is 2. The molecule has 1 spiro atoms. The van der Waals surface area contributed by atoms with Gasteiger partial charge in [-0.05, 0) is 74.1 Å². The Kier molecular flexibility index (Phi) is 12.8. The van der Waals surface area contributed by atoms with Gasteiger partial charge in [0.05, 0.1) is 37.3 Å². The molecule has 2 unspecified atom stereocenters. The van der Waals surface area contributed by atoms with Gasteiger partial charge < -0.3 is 55.3 Å². The zero-order chi connectivity index (χ0) is 31.4. The maximum atomic E-state index is 11.6. The Labute approximate surface area is 289 Å². The normalized spacial score (nSPS) is 22.8. The van der Waals surface area contributed by atoms with Crippen LogP contribution in [0.4, 0.5) is 9.59 Å². The van der Waals surface area contributed by atoms with Crippen LogP contribution in [0, 0.1) is 11.3 Å². The SMILES string of the molecule is COC(=O)[N-]O.COC([NH-])=O.O=[C-]N1CC2(CC2)C[C@H]1c1ncc(Cc2ccc3nc([C@@H]4C5CCC(C5)N4[C-]=O)[nH]c3c2)[nH]1.[V+2].[V+2]. The molecule has 2 bridgehead atoms. The van der Waals surface area contributed by atoms with E-state index in [1.54, 1.807) is 4.90 Å². The number of methoxy groups -OCH3 is 2. The summed E-state index contributed by atoms with van der Waals surface area (Å²) in [5.74, 6) is 2.22. The molecule has 2 saturated carbocycles. The number of hydrogen-bond donors (Lipinski definition) is 3. The molecule has 4 N–H and O–H groups in total. The Morgan fingerprint density at radius 3 is 2.46 bits per heavy atom. The number of benzene rings is 1. The minimum atomic E-state index is -0.995. The van der Waals surface area contributed by atoms with Gasteiger partial charge in [-0.2, -0.15) is 12.8 Å². The number of imidazole rings is 2. The number of piperidine rings is 1. The molecule has 46 heavy (non-hydrogen) atoms. The summed E-state index contributed by atoms with van der Waals surface area (Å²) in [5.41, 5.74) is 12.5. The molecule has 4 fully saturated rings. The third-order valence-corrected chi connectivity index (χ3v) is 8.92. The summed E-state index contributed by atoms with van der Waals surface area (Å²) in [6, 6.07) is 6.62. The van der Waals surface area contributed by atoms with E-state index in [0.717, 1.165) is 86.8 Å². The first kappa shape index (κ1) is 37.0. The maximum Gasteiger partial charge on any atom is 2.00 e. The summed E-state index contributed by atoms with van der Waals surface area (Å²) in [6.45, 7) is 0.803. The molecule has 3 aromatic rings. The molecular weight excluding hydrogens is 674 g/mol. The van der Waals surface area contributed by atoms with Crippen molar-refractivity contribution in [1.82, 2.24) is 29.7 Å². The molecule has 7 rings (SSSR count). The number of nitrogens with zero attached hydrogens (tertiary/aromatic N) is 5. The number of aromatic amines is 2. The monoisotopic (exact) mass is 708 g/mol. The number of nitrogens with one attached hydrogen (secondary N) is 3. The second kappa shape index (κ2) is 15.9. The predicted octanol–water partition coefficient (Wildman–Crippen LogP) is 4.38. The van der Waals surface area contributed by atoms with Crippen LogP contribution in [0.1, 0.15) is 73.5 Å². The van der Waals surface area contributed by atoms with Crippen LogP contribution < -0.4 is 0 Å². The molecular formula is C29H34N8O7V2. The number of carbonyl (C=O) groups excluding carboxylic acids is 4. The van der Waals surface area contributed by atoms with Crippen molar-refractivity contribution in [1.29, 1.82) is 0 Å². The number of hydroxylamine groups is 1. The van der Waals surface area contributed by atoms with E-state index in [9.17, 15) is 19.2 Å². The number of amides is 4. The first-order chi connectivity index (χ1) is 21.2. The molecule has 4 atom stereocenters. The molecule has 2 radical (unpaired) electrons. The summed E-state index contributed by atoms with van der Waals surface area (Å²) >= 11 is 0. The fraction of sp³-hybridized carbons (Fsp3) is 0.517. The summed E-state index contributed by atoms with van der Waals surface area (Å²) in [7, 11) is 2.29. The number of aromatic nitrogens is 4. The predicted molar refractivity (Wildman–Crippen MR) is 155 cm³/mol. The number of rotatable bonds is 6. The fourth-order valence-electron chi connectivity index (χ4n) is 6.63. The summed E-state index contributed by atoms with van der Waals surface area (Å²) in [4.78, 5) is 61.8. The van der Waals surface area contributed by atoms with Crippen LogP contribution in [-0.4, -0.2) is 86.8 Å². The molecule has 2 saturated heterocycles. The number of H-pyrrole nitrogens is 2. The van der Waals surface area contributed by atoms with Crippen molar-refractivity contribution in [2.24, 2.45) is 11.3 Å². The van der Waals surface area contributed by atoms with Crippen molar-refractivity contribution in [2.75, 3.05) is 20.8 Å². The summed E-state index contributed by atoms with van der Waals surface area (Å²) in [5, 5.41) is 7.49. The Hall–Kier alpha value is -3.49. The van der Waals surface area contributed by atoms with Crippen molar-refractivity contribution in [2.45, 2.75) is 63.1 Å². The standard InChI is InChI=1S/C25H26N6O2.C2H5NO3.C2H5NO2.2V/c32-13-30-12-25(5-6-25)10-21(30)23-26-11-17(27-23)7-15-1-4-19-20(8-15)29-24(28-19)22-16-2-3-18(9-16)31(22)14-33;1-6-2(4)3-5;1-5-2(3)4;;/h1,4,8,11,16,18,21-22H,2-3,5-7,9-10,12H2,(H,26,27)(H,28,29);1H3,(H2,3,4,5);1H3,(H2,3,4);;/q-2;;;2*+2/p-2/t16?,18?,21-,22-;;;;/m0..../s1. The molecule has 2 aliphatic heterocycles. The third kappa shape index (κ3) is 8.07. The van der Waals surface area contributed by atoms with E-state index in [1.807, 2.05) is 17.2 Å². The zero-order valence-electron chi connectivity index (χ0n) is 25.3. The van der Waals surface area contributed by atoms with Gasteiger partial charge in [0.15, 0.2) is 0 Å².